The maximum atomic E-state index is 12.7. The van der Waals surface area contributed by atoms with Crippen LogP contribution in [0.15, 0.2) is 36.4 Å². The molecule has 2 bridgehead atoms. The highest BCUT2D eigenvalue weighted by molar-refractivity contribution is 5.93. The van der Waals surface area contributed by atoms with Gasteiger partial charge in [0.05, 0.1) is 13.2 Å². The third-order valence-electron chi connectivity index (χ3n) is 3.95. The van der Waals surface area contributed by atoms with Crippen molar-refractivity contribution in [2.45, 2.75) is 38.0 Å². The Morgan fingerprint density at radius 2 is 1.91 bits per heavy atom. The predicted molar refractivity (Wildman–Crippen MR) is 80.1 cm³/mol. The first-order valence-corrected chi connectivity index (χ1v) is 7.21. The lowest BCUT2D eigenvalue weighted by Crippen LogP contribution is -2.49. The van der Waals surface area contributed by atoms with Gasteiger partial charge in [0.1, 0.15) is 5.60 Å². The molecule has 0 saturated carbocycles. The van der Waals surface area contributed by atoms with Gasteiger partial charge in [0.25, 0.3) is 0 Å². The minimum Gasteiger partial charge on any atom is -0.467 e. The van der Waals surface area contributed by atoms with Crippen molar-refractivity contribution in [1.29, 1.82) is 0 Å². The van der Waals surface area contributed by atoms with E-state index in [0.29, 0.717) is 0 Å². The molecule has 3 rings (SSSR count). The molecule has 0 fully saturated rings. The van der Waals surface area contributed by atoms with Crippen LogP contribution in [0, 0.1) is 0 Å². The van der Waals surface area contributed by atoms with Crippen LogP contribution in [-0.4, -0.2) is 29.7 Å². The number of esters is 1. The van der Waals surface area contributed by atoms with Crippen molar-refractivity contribution in [3.63, 3.8) is 0 Å². The molecule has 2 aliphatic rings. The van der Waals surface area contributed by atoms with E-state index >= 15 is 0 Å². The largest absolute Gasteiger partial charge is 0.467 e. The first-order chi connectivity index (χ1) is 10.3. The third kappa shape index (κ3) is 1.85. The highest BCUT2D eigenvalue weighted by Gasteiger charge is 2.60. The maximum absolute atomic E-state index is 12.7. The lowest BCUT2D eigenvalue weighted by atomic mass is 9.86. The summed E-state index contributed by atoms with van der Waals surface area (Å²) in [5.74, 6) is -0.484. The molecule has 116 valence electrons. The van der Waals surface area contributed by atoms with Crippen LogP contribution in [0.1, 0.15) is 37.9 Å². The Morgan fingerprint density at radius 1 is 1.23 bits per heavy atom. The summed E-state index contributed by atoms with van der Waals surface area (Å²) in [7, 11) is 1.33. The fourth-order valence-corrected chi connectivity index (χ4v) is 3.18. The number of ether oxygens (including phenoxy) is 2. The van der Waals surface area contributed by atoms with Gasteiger partial charge in [-0.15, -0.1) is 0 Å². The molecule has 0 aliphatic carbocycles. The van der Waals surface area contributed by atoms with Gasteiger partial charge in [0.2, 0.25) is 0 Å². The van der Waals surface area contributed by atoms with Gasteiger partial charge in [-0.05, 0) is 38.0 Å². The van der Waals surface area contributed by atoms with E-state index in [1.165, 1.54) is 12.0 Å². The number of carbonyl (C=O) groups is 2. The Bertz CT molecular complexity index is 673. The van der Waals surface area contributed by atoms with E-state index < -0.39 is 23.2 Å². The van der Waals surface area contributed by atoms with Crippen molar-refractivity contribution < 1.29 is 19.1 Å². The minimum absolute atomic E-state index is 0.301. The molecule has 0 saturated heterocycles. The van der Waals surface area contributed by atoms with Crippen molar-refractivity contribution >= 4 is 12.1 Å². The van der Waals surface area contributed by atoms with Gasteiger partial charge in [-0.2, -0.15) is 0 Å². The summed E-state index contributed by atoms with van der Waals surface area (Å²) in [6, 6.07) is 7.22. The standard InChI is InChI=1S/C17H19NO4/c1-16(2,3)22-15(20)18-13-9-10-17(18,14(19)21-4)12-8-6-5-7-11(12)13/h5-10,13H,1-4H3. The van der Waals surface area contributed by atoms with Gasteiger partial charge < -0.3 is 9.47 Å². The number of benzene rings is 1. The summed E-state index contributed by atoms with van der Waals surface area (Å²) in [5.41, 5.74) is -0.150. The van der Waals surface area contributed by atoms with E-state index in [9.17, 15) is 9.59 Å². The van der Waals surface area contributed by atoms with Gasteiger partial charge in [-0.1, -0.05) is 30.3 Å². The molecule has 5 heteroatoms. The second-order valence-electron chi connectivity index (χ2n) is 6.50. The van der Waals surface area contributed by atoms with Crippen LogP contribution in [0.25, 0.3) is 0 Å². The predicted octanol–water partition coefficient (Wildman–Crippen LogP) is 2.92. The SMILES string of the molecule is COC(=O)C12C=CC(c3ccccc31)N2C(=O)OC(C)(C)C. The normalized spacial score (nSPS) is 25.1. The molecule has 22 heavy (non-hydrogen) atoms. The zero-order chi connectivity index (χ0) is 16.1. The number of nitrogens with zero attached hydrogens (tertiary/aromatic N) is 1. The summed E-state index contributed by atoms with van der Waals surface area (Å²) in [6.07, 6.45) is 3.06. The van der Waals surface area contributed by atoms with Gasteiger partial charge in [-0.25, -0.2) is 9.59 Å². The Morgan fingerprint density at radius 3 is 2.55 bits per heavy atom. The summed E-state index contributed by atoms with van der Waals surface area (Å²) in [4.78, 5) is 26.7. The van der Waals surface area contributed by atoms with Crippen LogP contribution >= 0.6 is 0 Å². The van der Waals surface area contributed by atoms with Crippen molar-refractivity contribution in [2.75, 3.05) is 7.11 Å². The molecule has 0 aromatic heterocycles. The number of rotatable bonds is 1. The lowest BCUT2D eigenvalue weighted by Gasteiger charge is -2.33. The molecule has 1 amide bonds. The van der Waals surface area contributed by atoms with Crippen LogP contribution in [0.2, 0.25) is 0 Å². The summed E-state index contributed by atoms with van der Waals surface area (Å²) in [5, 5.41) is 0. The monoisotopic (exact) mass is 301 g/mol. The molecule has 5 nitrogen and oxygen atoms in total. The van der Waals surface area contributed by atoms with Crippen LogP contribution in [-0.2, 0) is 19.8 Å². The van der Waals surface area contributed by atoms with Crippen molar-refractivity contribution in [3.8, 4) is 0 Å². The van der Waals surface area contributed by atoms with Crippen molar-refractivity contribution in [2.24, 2.45) is 0 Å². The van der Waals surface area contributed by atoms with Gasteiger partial charge >= 0.3 is 12.1 Å². The quantitative estimate of drug-likeness (QED) is 0.591. The number of fused-ring (bicyclic) bond motifs is 5. The first kappa shape index (κ1) is 14.6. The average Bonchev–Trinajstić information content (AvgIpc) is 2.98. The molecule has 2 unspecified atom stereocenters. The van der Waals surface area contributed by atoms with Crippen molar-refractivity contribution in [3.05, 3.63) is 47.5 Å². The van der Waals surface area contributed by atoms with E-state index in [1.807, 2.05) is 30.3 Å². The topological polar surface area (TPSA) is 55.8 Å². The fraction of sp³-hybridized carbons (Fsp3) is 0.412. The number of amides is 1. The summed E-state index contributed by atoms with van der Waals surface area (Å²) >= 11 is 0. The van der Waals surface area contributed by atoms with Gasteiger partial charge in [0, 0.05) is 0 Å². The smallest absolute Gasteiger partial charge is 0.412 e. The highest BCUT2D eigenvalue weighted by Crippen LogP contribution is 2.53. The van der Waals surface area contributed by atoms with Gasteiger partial charge in [0.15, 0.2) is 5.54 Å². The second-order valence-corrected chi connectivity index (χ2v) is 6.50. The van der Waals surface area contributed by atoms with Crippen LogP contribution in [0.3, 0.4) is 0 Å². The molecular formula is C17H19NO4. The lowest BCUT2D eigenvalue weighted by molar-refractivity contribution is -0.151. The molecule has 2 heterocycles. The van der Waals surface area contributed by atoms with Crippen LogP contribution < -0.4 is 0 Å². The fourth-order valence-electron chi connectivity index (χ4n) is 3.18. The van der Waals surface area contributed by atoms with Crippen LogP contribution in [0.5, 0.6) is 0 Å². The summed E-state index contributed by atoms with van der Waals surface area (Å²) < 4.78 is 10.5. The zero-order valence-electron chi connectivity index (χ0n) is 13.1. The Kier molecular flexibility index (Phi) is 3.06. The van der Waals surface area contributed by atoms with E-state index in [-0.39, 0.29) is 6.04 Å². The zero-order valence-corrected chi connectivity index (χ0v) is 13.1. The van der Waals surface area contributed by atoms with E-state index in [4.69, 9.17) is 9.47 Å². The highest BCUT2D eigenvalue weighted by atomic mass is 16.6. The van der Waals surface area contributed by atoms with Crippen LogP contribution in [0.4, 0.5) is 4.79 Å². The molecule has 0 spiro atoms. The minimum atomic E-state index is -1.22. The molecule has 0 radical (unpaired) electrons. The molecule has 2 atom stereocenters. The summed E-state index contributed by atoms with van der Waals surface area (Å²) in [6.45, 7) is 5.40. The molecule has 1 aromatic rings. The number of hydrogen-bond donors (Lipinski definition) is 0. The molecular weight excluding hydrogens is 282 g/mol. The molecule has 2 aliphatic heterocycles. The van der Waals surface area contributed by atoms with Gasteiger partial charge in [-0.3, -0.25) is 4.90 Å². The maximum Gasteiger partial charge on any atom is 0.412 e. The van der Waals surface area contributed by atoms with Crippen molar-refractivity contribution in [1.82, 2.24) is 4.90 Å². The molecule has 0 N–H and O–H groups in total. The molecule has 1 aromatic carbocycles. The third-order valence-corrected chi connectivity index (χ3v) is 3.95. The number of hydrogen-bond acceptors (Lipinski definition) is 4. The number of carbonyl (C=O) groups excluding carboxylic acids is 2. The average molecular weight is 301 g/mol. The van der Waals surface area contributed by atoms with E-state index in [1.54, 1.807) is 26.8 Å². The Hall–Kier alpha value is -2.30. The first-order valence-electron chi connectivity index (χ1n) is 7.21. The van der Waals surface area contributed by atoms with E-state index in [0.717, 1.165) is 11.1 Å². The Balaban J connectivity index is 2.10. The van der Waals surface area contributed by atoms with E-state index in [2.05, 4.69) is 0 Å². The second kappa shape index (κ2) is 4.60. The Labute approximate surface area is 129 Å². The number of methoxy groups -OCH3 is 1.